The standard InChI is InChI=1S/C17H16N2O4/c20-16-6-5-11(9-15(16)19(22)23)13-3-1-2-4-14(13)17(21)12-7-8-18-10-12/h1-6,9,12,18,20H,7-8,10H2. The third kappa shape index (κ3) is 2.93. The molecule has 1 aliphatic rings. The van der Waals surface area contributed by atoms with Crippen LogP contribution in [0.5, 0.6) is 5.75 Å². The first-order chi connectivity index (χ1) is 11.1. The lowest BCUT2D eigenvalue weighted by Crippen LogP contribution is -2.18. The van der Waals surface area contributed by atoms with Crippen molar-refractivity contribution in [1.82, 2.24) is 5.32 Å². The number of Topliss-reactive ketones (excluding diaryl/α,β-unsaturated/α-hetero) is 1. The Morgan fingerprint density at radius 1 is 1.26 bits per heavy atom. The van der Waals surface area contributed by atoms with Crippen molar-refractivity contribution in [1.29, 1.82) is 0 Å². The maximum Gasteiger partial charge on any atom is 0.311 e. The number of rotatable bonds is 4. The van der Waals surface area contributed by atoms with Gasteiger partial charge in [0.05, 0.1) is 4.92 Å². The molecule has 1 unspecified atom stereocenters. The van der Waals surface area contributed by atoms with Crippen molar-refractivity contribution in [3.05, 3.63) is 58.1 Å². The van der Waals surface area contributed by atoms with Crippen LogP contribution >= 0.6 is 0 Å². The van der Waals surface area contributed by atoms with E-state index in [1.54, 1.807) is 30.3 Å². The van der Waals surface area contributed by atoms with Crippen LogP contribution < -0.4 is 5.32 Å². The zero-order valence-electron chi connectivity index (χ0n) is 12.4. The van der Waals surface area contributed by atoms with E-state index in [1.165, 1.54) is 12.1 Å². The van der Waals surface area contributed by atoms with E-state index in [9.17, 15) is 20.0 Å². The number of nitrogens with one attached hydrogen (secondary N) is 1. The highest BCUT2D eigenvalue weighted by atomic mass is 16.6. The molecule has 2 aromatic rings. The van der Waals surface area contributed by atoms with E-state index in [-0.39, 0.29) is 23.1 Å². The van der Waals surface area contributed by atoms with Crippen molar-refractivity contribution in [2.75, 3.05) is 13.1 Å². The predicted octanol–water partition coefficient (Wildman–Crippen LogP) is 2.76. The molecule has 2 N–H and O–H groups in total. The molecule has 2 aromatic carbocycles. The molecule has 0 spiro atoms. The summed E-state index contributed by atoms with van der Waals surface area (Å²) in [6, 6.07) is 11.3. The topological polar surface area (TPSA) is 92.5 Å². The molecule has 1 heterocycles. The second kappa shape index (κ2) is 6.18. The average molecular weight is 312 g/mol. The molecule has 0 bridgehead atoms. The van der Waals surface area contributed by atoms with Crippen LogP contribution in [0.25, 0.3) is 11.1 Å². The SMILES string of the molecule is O=C(c1ccccc1-c1ccc(O)c([N+](=O)[O-])c1)C1CCNC1. The Kier molecular flexibility index (Phi) is 4.08. The van der Waals surface area contributed by atoms with Crippen molar-refractivity contribution in [3.63, 3.8) is 0 Å². The summed E-state index contributed by atoms with van der Waals surface area (Å²) in [5.74, 6) is -0.410. The van der Waals surface area contributed by atoms with Gasteiger partial charge in [-0.2, -0.15) is 0 Å². The molecule has 118 valence electrons. The summed E-state index contributed by atoms with van der Waals surface area (Å²) in [6.07, 6.45) is 0.795. The number of aromatic hydroxyl groups is 1. The van der Waals surface area contributed by atoms with Crippen LogP contribution in [0.15, 0.2) is 42.5 Å². The highest BCUT2D eigenvalue weighted by Gasteiger charge is 2.26. The van der Waals surface area contributed by atoms with Gasteiger partial charge in [-0.1, -0.05) is 30.3 Å². The normalized spacial score (nSPS) is 17.1. The molecule has 23 heavy (non-hydrogen) atoms. The Balaban J connectivity index is 2.05. The number of hydrogen-bond donors (Lipinski definition) is 2. The van der Waals surface area contributed by atoms with Crippen LogP contribution in [-0.2, 0) is 0 Å². The molecule has 6 heteroatoms. The maximum atomic E-state index is 12.7. The Hall–Kier alpha value is -2.73. The fraction of sp³-hybridized carbons (Fsp3) is 0.235. The van der Waals surface area contributed by atoms with E-state index >= 15 is 0 Å². The van der Waals surface area contributed by atoms with Crippen molar-refractivity contribution in [3.8, 4) is 16.9 Å². The minimum atomic E-state index is -0.635. The molecule has 0 saturated carbocycles. The van der Waals surface area contributed by atoms with Crippen molar-refractivity contribution in [2.45, 2.75) is 6.42 Å². The Morgan fingerprint density at radius 2 is 2.04 bits per heavy atom. The summed E-state index contributed by atoms with van der Waals surface area (Å²) >= 11 is 0. The lowest BCUT2D eigenvalue weighted by molar-refractivity contribution is -0.385. The second-order valence-corrected chi connectivity index (χ2v) is 5.56. The van der Waals surface area contributed by atoms with Gasteiger partial charge < -0.3 is 10.4 Å². The summed E-state index contributed by atoms with van der Waals surface area (Å²) in [5, 5.41) is 23.8. The van der Waals surface area contributed by atoms with Gasteiger partial charge in [0, 0.05) is 24.1 Å². The summed E-state index contributed by atoms with van der Waals surface area (Å²) < 4.78 is 0. The van der Waals surface area contributed by atoms with Crippen molar-refractivity contribution in [2.24, 2.45) is 5.92 Å². The molecule has 0 aromatic heterocycles. The maximum absolute atomic E-state index is 12.7. The largest absolute Gasteiger partial charge is 0.502 e. The van der Waals surface area contributed by atoms with Gasteiger partial charge >= 0.3 is 5.69 Å². The monoisotopic (exact) mass is 312 g/mol. The van der Waals surface area contributed by atoms with Crippen LogP contribution in [0, 0.1) is 16.0 Å². The van der Waals surface area contributed by atoms with E-state index in [0.717, 1.165) is 13.0 Å². The molecule has 1 fully saturated rings. The first-order valence-corrected chi connectivity index (χ1v) is 7.39. The highest BCUT2D eigenvalue weighted by molar-refractivity contribution is 6.04. The van der Waals surface area contributed by atoms with E-state index in [4.69, 9.17) is 0 Å². The minimum Gasteiger partial charge on any atom is -0.502 e. The van der Waals surface area contributed by atoms with E-state index in [2.05, 4.69) is 5.32 Å². The molecule has 3 rings (SSSR count). The second-order valence-electron chi connectivity index (χ2n) is 5.56. The zero-order valence-corrected chi connectivity index (χ0v) is 12.4. The van der Waals surface area contributed by atoms with Crippen LogP contribution in [0.2, 0.25) is 0 Å². The fourth-order valence-electron chi connectivity index (χ4n) is 2.89. The van der Waals surface area contributed by atoms with E-state index in [0.29, 0.717) is 23.2 Å². The number of carbonyl (C=O) groups excluding carboxylic acids is 1. The predicted molar refractivity (Wildman–Crippen MR) is 85.5 cm³/mol. The molecule has 1 saturated heterocycles. The molecule has 0 aliphatic carbocycles. The molecule has 6 nitrogen and oxygen atoms in total. The van der Waals surface area contributed by atoms with Gasteiger partial charge in [0.25, 0.3) is 0 Å². The minimum absolute atomic E-state index is 0.0429. The third-order valence-corrected chi connectivity index (χ3v) is 4.11. The molecule has 0 amide bonds. The summed E-state index contributed by atoms with van der Waals surface area (Å²) in [4.78, 5) is 23.1. The van der Waals surface area contributed by atoms with Gasteiger partial charge in [-0.3, -0.25) is 14.9 Å². The van der Waals surface area contributed by atoms with Crippen LogP contribution in [0.1, 0.15) is 16.8 Å². The van der Waals surface area contributed by atoms with Crippen molar-refractivity contribution < 1.29 is 14.8 Å². The lowest BCUT2D eigenvalue weighted by Gasteiger charge is -2.12. The summed E-state index contributed by atoms with van der Waals surface area (Å²) in [6.45, 7) is 1.48. The molecular weight excluding hydrogens is 296 g/mol. The first kappa shape index (κ1) is 15.2. The molecule has 0 radical (unpaired) electrons. The zero-order chi connectivity index (χ0) is 16.4. The summed E-state index contributed by atoms with van der Waals surface area (Å²) in [5.41, 5.74) is 1.38. The van der Waals surface area contributed by atoms with Gasteiger partial charge in [-0.05, 0) is 30.2 Å². The Bertz CT molecular complexity index is 767. The number of carbonyl (C=O) groups is 1. The van der Waals surface area contributed by atoms with E-state index < -0.39 is 4.92 Å². The van der Waals surface area contributed by atoms with Gasteiger partial charge in [0.2, 0.25) is 0 Å². The van der Waals surface area contributed by atoms with E-state index in [1.807, 2.05) is 0 Å². The van der Waals surface area contributed by atoms with Gasteiger partial charge in [0.15, 0.2) is 11.5 Å². The molecular formula is C17H16N2O4. The number of nitrogens with zero attached hydrogens (tertiary/aromatic N) is 1. The van der Waals surface area contributed by atoms with Crippen LogP contribution in [0.3, 0.4) is 0 Å². The number of phenols is 1. The number of hydrogen-bond acceptors (Lipinski definition) is 5. The number of nitro groups is 1. The average Bonchev–Trinajstić information content (AvgIpc) is 3.09. The lowest BCUT2D eigenvalue weighted by atomic mass is 9.90. The Morgan fingerprint density at radius 3 is 2.74 bits per heavy atom. The number of phenolic OH excluding ortho intramolecular Hbond substituents is 1. The van der Waals surface area contributed by atoms with Crippen LogP contribution in [-0.4, -0.2) is 28.9 Å². The first-order valence-electron chi connectivity index (χ1n) is 7.39. The number of benzene rings is 2. The fourth-order valence-corrected chi connectivity index (χ4v) is 2.89. The van der Waals surface area contributed by atoms with Gasteiger partial charge in [0.1, 0.15) is 0 Å². The third-order valence-electron chi connectivity index (χ3n) is 4.11. The van der Waals surface area contributed by atoms with Crippen molar-refractivity contribution >= 4 is 11.5 Å². The highest BCUT2D eigenvalue weighted by Crippen LogP contribution is 2.33. The number of ketones is 1. The number of nitro benzene ring substituents is 1. The van der Waals surface area contributed by atoms with Gasteiger partial charge in [-0.25, -0.2) is 0 Å². The smallest absolute Gasteiger partial charge is 0.311 e. The molecule has 1 aliphatic heterocycles. The Labute approximate surface area is 132 Å². The molecule has 1 atom stereocenters. The summed E-state index contributed by atoms with van der Waals surface area (Å²) in [7, 11) is 0. The van der Waals surface area contributed by atoms with Gasteiger partial charge in [-0.15, -0.1) is 0 Å². The van der Waals surface area contributed by atoms with Crippen LogP contribution in [0.4, 0.5) is 5.69 Å². The quantitative estimate of drug-likeness (QED) is 0.514.